The standard InChI is InChI=1S/C3H7O3PS.Mg.2H/c1-2-3-8-6-7(4)5;;;/h2-3H2,1H3;;;/q;+2;2*-1/p+1. The summed E-state index contributed by atoms with van der Waals surface area (Å²) in [6, 6.07) is 0. The molecule has 0 radical (unpaired) electrons. The molecule has 52 valence electrons. The van der Waals surface area contributed by atoms with E-state index in [0.29, 0.717) is 0 Å². The molecule has 0 amide bonds. The molecule has 0 aliphatic carbocycles. The number of rotatable bonds is 4. The van der Waals surface area contributed by atoms with Crippen LogP contribution in [0.3, 0.4) is 0 Å². The van der Waals surface area contributed by atoms with Crippen LogP contribution in [0, 0.1) is 0 Å². The molecule has 0 aromatic rings. The molecular formula is C3H10MgO3PS+. The third-order valence-corrected chi connectivity index (χ3v) is 1.91. The minimum atomic E-state index is -2.40. The smallest absolute Gasteiger partial charge is 1.00 e. The molecule has 1 unspecified atom stereocenters. The third-order valence-electron chi connectivity index (χ3n) is 0.404. The van der Waals surface area contributed by atoms with Crippen molar-refractivity contribution < 1.29 is 16.3 Å². The topological polar surface area (TPSA) is 46.5 Å². The van der Waals surface area contributed by atoms with Crippen LogP contribution in [0.2, 0.25) is 0 Å². The van der Waals surface area contributed by atoms with Gasteiger partial charge in [0.2, 0.25) is 0 Å². The summed E-state index contributed by atoms with van der Waals surface area (Å²) in [7, 11) is -2.40. The molecule has 0 rings (SSSR count). The predicted molar refractivity (Wildman–Crippen MR) is 41.6 cm³/mol. The maximum Gasteiger partial charge on any atom is 2.00 e. The van der Waals surface area contributed by atoms with E-state index in [1.807, 2.05) is 6.92 Å². The second-order valence-corrected chi connectivity index (χ2v) is 2.85. The second-order valence-electron chi connectivity index (χ2n) is 1.13. The molecule has 0 saturated carbocycles. The Balaban J connectivity index is -0.0000000817. The van der Waals surface area contributed by atoms with E-state index in [4.69, 9.17) is 4.89 Å². The molecule has 0 heterocycles. The van der Waals surface area contributed by atoms with Crippen molar-refractivity contribution in [3.05, 3.63) is 0 Å². The average molecular weight is 181 g/mol. The Bertz CT molecular complexity index is 89.0. The summed E-state index contributed by atoms with van der Waals surface area (Å²) >= 11 is 1.03. The Morgan fingerprint density at radius 3 is 2.78 bits per heavy atom. The van der Waals surface area contributed by atoms with Gasteiger partial charge < -0.3 is 2.85 Å². The van der Waals surface area contributed by atoms with Crippen molar-refractivity contribution in [2.24, 2.45) is 0 Å². The van der Waals surface area contributed by atoms with E-state index >= 15 is 0 Å². The van der Waals surface area contributed by atoms with E-state index in [-0.39, 0.29) is 25.9 Å². The monoisotopic (exact) mass is 181 g/mol. The fourth-order valence-corrected chi connectivity index (χ4v) is 0.991. The first-order chi connectivity index (χ1) is 3.77. The van der Waals surface area contributed by atoms with Crippen LogP contribution in [-0.4, -0.2) is 33.7 Å². The van der Waals surface area contributed by atoms with Crippen LogP contribution in [0.1, 0.15) is 16.2 Å². The van der Waals surface area contributed by atoms with Gasteiger partial charge in [0.1, 0.15) is 0 Å². The van der Waals surface area contributed by atoms with Gasteiger partial charge in [-0.1, -0.05) is 6.92 Å². The molecule has 0 fully saturated rings. The van der Waals surface area contributed by atoms with Crippen LogP contribution >= 0.6 is 20.3 Å². The van der Waals surface area contributed by atoms with Crippen molar-refractivity contribution in [1.82, 2.24) is 0 Å². The normalized spacial score (nSPS) is 10.2. The summed E-state index contributed by atoms with van der Waals surface area (Å²) in [4.78, 5) is 8.05. The molecule has 9 heavy (non-hydrogen) atoms. The molecular weight excluding hydrogens is 171 g/mol. The van der Waals surface area contributed by atoms with Crippen LogP contribution in [0.5, 0.6) is 0 Å². The van der Waals surface area contributed by atoms with Gasteiger partial charge >= 0.3 is 31.3 Å². The minimum Gasteiger partial charge on any atom is -1.00 e. The molecule has 0 spiro atoms. The zero-order chi connectivity index (χ0) is 6.41. The van der Waals surface area contributed by atoms with E-state index < -0.39 is 8.25 Å². The first kappa shape index (κ1) is 12.8. The first-order valence-corrected chi connectivity index (χ1v) is 4.27. The molecule has 3 nitrogen and oxygen atoms in total. The van der Waals surface area contributed by atoms with Gasteiger partial charge in [-0.2, -0.15) is 0 Å². The van der Waals surface area contributed by atoms with Crippen molar-refractivity contribution in [3.63, 3.8) is 0 Å². The van der Waals surface area contributed by atoms with E-state index in [0.717, 1.165) is 24.2 Å². The Kier molecular flexibility index (Phi) is 13.0. The molecule has 0 aliphatic rings. The Morgan fingerprint density at radius 1 is 1.89 bits per heavy atom. The van der Waals surface area contributed by atoms with Crippen molar-refractivity contribution in [1.29, 1.82) is 0 Å². The van der Waals surface area contributed by atoms with Gasteiger partial charge in [-0.3, -0.25) is 0 Å². The molecule has 1 atom stereocenters. The fourth-order valence-electron chi connectivity index (χ4n) is 0.166. The molecule has 0 aliphatic heterocycles. The number of hydrogen-bond acceptors (Lipinski definition) is 3. The van der Waals surface area contributed by atoms with Gasteiger partial charge in [-0.05, 0) is 10.4 Å². The van der Waals surface area contributed by atoms with Gasteiger partial charge in [0.25, 0.3) is 0 Å². The average Bonchev–Trinajstić information content (AvgIpc) is 1.66. The molecule has 6 heteroatoms. The molecule has 1 N–H and O–H groups in total. The molecule has 0 aromatic heterocycles. The van der Waals surface area contributed by atoms with Crippen LogP contribution in [0.4, 0.5) is 0 Å². The van der Waals surface area contributed by atoms with Gasteiger partial charge in [-0.15, -0.1) is 4.89 Å². The zero-order valence-corrected chi connectivity index (χ0v) is 8.37. The van der Waals surface area contributed by atoms with Crippen LogP contribution in [-0.2, 0) is 8.54 Å². The summed E-state index contributed by atoms with van der Waals surface area (Å²) < 4.78 is 14.0. The fraction of sp³-hybridized carbons (Fsp3) is 1.00. The minimum absolute atomic E-state index is 0. The second kappa shape index (κ2) is 9.14. The summed E-state index contributed by atoms with van der Waals surface area (Å²) in [6.45, 7) is 1.97. The van der Waals surface area contributed by atoms with Gasteiger partial charge in [0, 0.05) is 10.3 Å². The van der Waals surface area contributed by atoms with Crippen LogP contribution < -0.4 is 0 Å². The van der Waals surface area contributed by atoms with Crippen LogP contribution in [0.25, 0.3) is 0 Å². The molecule has 0 bridgehead atoms. The summed E-state index contributed by atoms with van der Waals surface area (Å²) in [5, 5.41) is 0. The van der Waals surface area contributed by atoms with Crippen molar-refractivity contribution in [2.45, 2.75) is 13.3 Å². The van der Waals surface area contributed by atoms with Gasteiger partial charge in [0.15, 0.2) is 0 Å². The van der Waals surface area contributed by atoms with E-state index in [9.17, 15) is 4.57 Å². The largest absolute Gasteiger partial charge is 2.00 e. The predicted octanol–water partition coefficient (Wildman–Crippen LogP) is 1.56. The van der Waals surface area contributed by atoms with E-state index in [1.54, 1.807) is 0 Å². The van der Waals surface area contributed by atoms with Crippen molar-refractivity contribution in [2.75, 3.05) is 5.75 Å². The van der Waals surface area contributed by atoms with E-state index in [2.05, 4.69) is 3.97 Å². The Morgan fingerprint density at radius 2 is 2.44 bits per heavy atom. The quantitative estimate of drug-likeness (QED) is 0.309. The number of hydrogen-bond donors (Lipinski definition) is 1. The van der Waals surface area contributed by atoms with Crippen molar-refractivity contribution in [3.8, 4) is 0 Å². The summed E-state index contributed by atoms with van der Waals surface area (Å²) in [6.07, 6.45) is 0.952. The Labute approximate surface area is 78.8 Å². The maximum absolute atomic E-state index is 9.78. The SMILES string of the molecule is CCCSO[P+](=O)O.[H-].[H-].[Mg+2]. The van der Waals surface area contributed by atoms with Gasteiger partial charge in [0.05, 0.1) is 12.0 Å². The first-order valence-electron chi connectivity index (χ1n) is 2.23. The molecule has 0 aromatic carbocycles. The van der Waals surface area contributed by atoms with Crippen LogP contribution in [0.15, 0.2) is 0 Å². The Hall–Kier alpha value is 1.14. The zero-order valence-electron chi connectivity index (χ0n) is 7.24. The van der Waals surface area contributed by atoms with E-state index in [1.165, 1.54) is 0 Å². The van der Waals surface area contributed by atoms with Crippen molar-refractivity contribution >= 4 is 43.4 Å². The summed E-state index contributed by atoms with van der Waals surface area (Å²) in [5.41, 5.74) is 0. The van der Waals surface area contributed by atoms with Gasteiger partial charge in [-0.25, -0.2) is 0 Å². The molecule has 0 saturated heterocycles. The maximum atomic E-state index is 9.78. The third kappa shape index (κ3) is 12.4. The summed E-state index contributed by atoms with van der Waals surface area (Å²) in [5.74, 6) is 0.766.